The highest BCUT2D eigenvalue weighted by molar-refractivity contribution is 5.99. The van der Waals surface area contributed by atoms with E-state index in [0.29, 0.717) is 23.6 Å². The van der Waals surface area contributed by atoms with Crippen LogP contribution in [0.3, 0.4) is 0 Å². The second-order valence-electron chi connectivity index (χ2n) is 5.92. The normalized spacial score (nSPS) is 10.7. The third-order valence-electron chi connectivity index (χ3n) is 4.17. The number of benzene rings is 2. The number of hydrogen-bond donors (Lipinski definition) is 2. The molecule has 0 saturated heterocycles. The van der Waals surface area contributed by atoms with Crippen LogP contribution in [-0.2, 0) is 6.42 Å². The first-order chi connectivity index (χ1) is 12.1. The molecular weight excluding hydrogens is 316 g/mol. The van der Waals surface area contributed by atoms with Gasteiger partial charge in [-0.25, -0.2) is 0 Å². The summed E-state index contributed by atoms with van der Waals surface area (Å²) < 4.78 is 10.6. The van der Waals surface area contributed by atoms with Gasteiger partial charge in [-0.1, -0.05) is 12.1 Å². The number of methoxy groups -OCH3 is 2. The first-order valence-corrected chi connectivity index (χ1v) is 8.20. The van der Waals surface area contributed by atoms with Gasteiger partial charge in [0, 0.05) is 17.8 Å². The predicted molar refractivity (Wildman–Crippen MR) is 98.6 cm³/mol. The Hall–Kier alpha value is -2.95. The fourth-order valence-electron chi connectivity index (χ4n) is 2.97. The van der Waals surface area contributed by atoms with E-state index in [0.717, 1.165) is 17.6 Å². The fourth-order valence-corrected chi connectivity index (χ4v) is 2.97. The second-order valence-corrected chi connectivity index (χ2v) is 5.92. The fraction of sp³-hybridized carbons (Fsp3) is 0.250. The van der Waals surface area contributed by atoms with Crippen LogP contribution in [0.15, 0.2) is 42.5 Å². The van der Waals surface area contributed by atoms with Crippen molar-refractivity contribution in [3.8, 4) is 11.5 Å². The average molecular weight is 338 g/mol. The topological polar surface area (TPSA) is 63.4 Å². The lowest BCUT2D eigenvalue weighted by Gasteiger charge is -2.13. The minimum Gasteiger partial charge on any atom is -0.496 e. The van der Waals surface area contributed by atoms with Crippen molar-refractivity contribution in [2.45, 2.75) is 13.3 Å². The van der Waals surface area contributed by atoms with Crippen molar-refractivity contribution in [1.29, 1.82) is 0 Å². The summed E-state index contributed by atoms with van der Waals surface area (Å²) in [7, 11) is 3.08. The molecule has 5 nitrogen and oxygen atoms in total. The number of amides is 1. The Balaban J connectivity index is 1.68. The Morgan fingerprint density at radius 1 is 1.08 bits per heavy atom. The molecule has 0 unspecified atom stereocenters. The summed E-state index contributed by atoms with van der Waals surface area (Å²) in [4.78, 5) is 15.8. The summed E-state index contributed by atoms with van der Waals surface area (Å²) in [6.07, 6.45) is 0.753. The third kappa shape index (κ3) is 3.60. The van der Waals surface area contributed by atoms with Crippen molar-refractivity contribution in [2.24, 2.45) is 0 Å². The van der Waals surface area contributed by atoms with Crippen LogP contribution in [0.2, 0.25) is 0 Å². The molecule has 2 N–H and O–H groups in total. The first kappa shape index (κ1) is 16.9. The van der Waals surface area contributed by atoms with Gasteiger partial charge in [0.1, 0.15) is 17.1 Å². The average Bonchev–Trinajstić information content (AvgIpc) is 3.00. The second kappa shape index (κ2) is 7.30. The summed E-state index contributed by atoms with van der Waals surface area (Å²) in [6, 6.07) is 13.7. The van der Waals surface area contributed by atoms with E-state index in [-0.39, 0.29) is 5.91 Å². The lowest BCUT2D eigenvalue weighted by molar-refractivity contribution is 0.0948. The van der Waals surface area contributed by atoms with Crippen molar-refractivity contribution in [3.05, 3.63) is 59.3 Å². The van der Waals surface area contributed by atoms with E-state index in [4.69, 9.17) is 9.47 Å². The number of carbonyl (C=O) groups excluding carboxylic acids is 1. The van der Waals surface area contributed by atoms with E-state index in [1.165, 1.54) is 10.9 Å². The number of ether oxygens (including phenoxy) is 2. The van der Waals surface area contributed by atoms with Crippen LogP contribution in [0.5, 0.6) is 11.5 Å². The molecule has 5 heteroatoms. The van der Waals surface area contributed by atoms with Gasteiger partial charge in [0.2, 0.25) is 0 Å². The SMILES string of the molecule is COc1cccc(OC)c1C(=O)NCCc1ccc2[nH]c(C)cc2c1. The Morgan fingerprint density at radius 2 is 1.80 bits per heavy atom. The van der Waals surface area contributed by atoms with Gasteiger partial charge in [-0.3, -0.25) is 4.79 Å². The van der Waals surface area contributed by atoms with Gasteiger partial charge in [0.25, 0.3) is 5.91 Å². The highest BCUT2D eigenvalue weighted by Gasteiger charge is 2.17. The number of nitrogens with one attached hydrogen (secondary N) is 2. The van der Waals surface area contributed by atoms with Crippen LogP contribution in [-0.4, -0.2) is 31.7 Å². The molecule has 0 aliphatic heterocycles. The number of carbonyl (C=O) groups is 1. The predicted octanol–water partition coefficient (Wildman–Crippen LogP) is 3.47. The van der Waals surface area contributed by atoms with Crippen LogP contribution in [0.25, 0.3) is 10.9 Å². The van der Waals surface area contributed by atoms with Crippen LogP contribution in [0, 0.1) is 6.92 Å². The zero-order valence-corrected chi connectivity index (χ0v) is 14.7. The maximum atomic E-state index is 12.5. The van der Waals surface area contributed by atoms with Crippen molar-refractivity contribution in [3.63, 3.8) is 0 Å². The summed E-state index contributed by atoms with van der Waals surface area (Å²) in [5.41, 5.74) is 3.87. The van der Waals surface area contributed by atoms with E-state index >= 15 is 0 Å². The van der Waals surface area contributed by atoms with Gasteiger partial charge >= 0.3 is 0 Å². The van der Waals surface area contributed by atoms with E-state index in [1.807, 2.05) is 6.92 Å². The van der Waals surface area contributed by atoms with Gasteiger partial charge in [-0.15, -0.1) is 0 Å². The van der Waals surface area contributed by atoms with E-state index in [9.17, 15) is 4.79 Å². The standard InChI is InChI=1S/C20H22N2O3/c1-13-11-15-12-14(7-8-16(15)22-13)9-10-21-20(23)19-17(24-2)5-4-6-18(19)25-3/h4-8,11-12,22H,9-10H2,1-3H3,(H,21,23). The van der Waals surface area contributed by atoms with E-state index in [2.05, 4.69) is 34.6 Å². The smallest absolute Gasteiger partial charge is 0.258 e. The van der Waals surface area contributed by atoms with Gasteiger partial charge in [0.15, 0.2) is 0 Å². The number of aromatic nitrogens is 1. The minimum atomic E-state index is -0.201. The quantitative estimate of drug-likeness (QED) is 0.723. The first-order valence-electron chi connectivity index (χ1n) is 8.20. The van der Waals surface area contributed by atoms with Crippen LogP contribution in [0.1, 0.15) is 21.6 Å². The number of aromatic amines is 1. The zero-order chi connectivity index (χ0) is 17.8. The molecule has 0 fully saturated rings. The Kier molecular flexibility index (Phi) is 4.93. The molecule has 0 atom stereocenters. The van der Waals surface area contributed by atoms with Crippen LogP contribution < -0.4 is 14.8 Å². The molecule has 2 aromatic carbocycles. The highest BCUT2D eigenvalue weighted by atomic mass is 16.5. The van der Waals surface area contributed by atoms with Gasteiger partial charge in [0.05, 0.1) is 14.2 Å². The van der Waals surface area contributed by atoms with E-state index in [1.54, 1.807) is 32.4 Å². The van der Waals surface area contributed by atoms with Crippen molar-refractivity contribution >= 4 is 16.8 Å². The summed E-state index contributed by atoms with van der Waals surface area (Å²) >= 11 is 0. The molecule has 3 aromatic rings. The molecule has 1 amide bonds. The highest BCUT2D eigenvalue weighted by Crippen LogP contribution is 2.27. The Labute approximate surface area is 147 Å². The summed E-state index contributed by atoms with van der Waals surface area (Å²) in [6.45, 7) is 2.58. The molecule has 0 aliphatic rings. The minimum absolute atomic E-state index is 0.201. The maximum Gasteiger partial charge on any atom is 0.258 e. The zero-order valence-electron chi connectivity index (χ0n) is 14.7. The third-order valence-corrected chi connectivity index (χ3v) is 4.17. The lowest BCUT2D eigenvalue weighted by Crippen LogP contribution is -2.26. The molecule has 0 radical (unpaired) electrons. The number of H-pyrrole nitrogens is 1. The van der Waals surface area contributed by atoms with Gasteiger partial charge in [-0.05, 0) is 54.6 Å². The van der Waals surface area contributed by atoms with Crippen molar-refractivity contribution < 1.29 is 14.3 Å². The number of hydrogen-bond acceptors (Lipinski definition) is 3. The number of fused-ring (bicyclic) bond motifs is 1. The monoisotopic (exact) mass is 338 g/mol. The van der Waals surface area contributed by atoms with Crippen LogP contribution >= 0.6 is 0 Å². The molecule has 25 heavy (non-hydrogen) atoms. The molecule has 1 heterocycles. The molecule has 0 saturated carbocycles. The largest absolute Gasteiger partial charge is 0.496 e. The Morgan fingerprint density at radius 3 is 2.48 bits per heavy atom. The number of aryl methyl sites for hydroxylation is 1. The molecule has 1 aromatic heterocycles. The van der Waals surface area contributed by atoms with Gasteiger partial charge < -0.3 is 19.8 Å². The molecular formula is C20H22N2O3. The molecule has 0 spiro atoms. The molecule has 0 bridgehead atoms. The number of rotatable bonds is 6. The molecule has 3 rings (SSSR count). The maximum absolute atomic E-state index is 12.5. The van der Waals surface area contributed by atoms with E-state index < -0.39 is 0 Å². The van der Waals surface area contributed by atoms with Crippen molar-refractivity contribution in [2.75, 3.05) is 20.8 Å². The summed E-state index contributed by atoms with van der Waals surface area (Å²) in [5.74, 6) is 0.801. The van der Waals surface area contributed by atoms with Crippen molar-refractivity contribution in [1.82, 2.24) is 10.3 Å². The lowest BCUT2D eigenvalue weighted by atomic mass is 10.1. The van der Waals surface area contributed by atoms with Crippen LogP contribution in [0.4, 0.5) is 0 Å². The Bertz CT molecular complexity index is 877. The molecule has 130 valence electrons. The molecule has 0 aliphatic carbocycles. The van der Waals surface area contributed by atoms with Gasteiger partial charge in [-0.2, -0.15) is 0 Å². The summed E-state index contributed by atoms with van der Waals surface area (Å²) in [5, 5.41) is 4.13.